The molecule has 13 heavy (non-hydrogen) atoms. The summed E-state index contributed by atoms with van der Waals surface area (Å²) in [5.74, 6) is 0. The molecule has 0 fully saturated rings. The van der Waals surface area contributed by atoms with E-state index < -0.39 is 7.82 Å². The van der Waals surface area contributed by atoms with E-state index in [1.807, 2.05) is 0 Å². The van der Waals surface area contributed by atoms with Crippen LogP contribution in [0.4, 0.5) is 0 Å². The van der Waals surface area contributed by atoms with Crippen LogP contribution in [-0.4, -0.2) is 27.9 Å². The summed E-state index contributed by atoms with van der Waals surface area (Å²) in [5, 5.41) is 0. The molecule has 0 saturated carbocycles. The number of hydrogen-bond donors (Lipinski definition) is 3. The van der Waals surface area contributed by atoms with E-state index >= 15 is 0 Å². The number of phosphoric acid groups is 1. The van der Waals surface area contributed by atoms with Crippen molar-refractivity contribution in [3.63, 3.8) is 0 Å². The first-order valence-corrected chi connectivity index (χ1v) is 4.56. The third kappa shape index (κ3) is 61.3. The molecule has 5 nitrogen and oxygen atoms in total. The Balaban J connectivity index is -0.0000000651. The molecular weight excluding hydrogens is 222 g/mol. The fraction of sp³-hybridized carbons (Fsp3) is 0.333. The summed E-state index contributed by atoms with van der Waals surface area (Å²) in [6.07, 6.45) is 3.42. The zero-order valence-electron chi connectivity index (χ0n) is 8.59. The van der Waals surface area contributed by atoms with Crippen molar-refractivity contribution < 1.29 is 76.8 Å². The van der Waals surface area contributed by atoms with Crippen molar-refractivity contribution in [2.24, 2.45) is 0 Å². The minimum Gasteiger partial charge on any atom is -1.00 e. The second-order valence-electron chi connectivity index (χ2n) is 1.63. The van der Waals surface area contributed by atoms with Crippen LogP contribution in [0.3, 0.4) is 0 Å². The van der Waals surface area contributed by atoms with Gasteiger partial charge in [-0.25, -0.2) is 4.57 Å². The van der Waals surface area contributed by atoms with Crippen molar-refractivity contribution >= 4 is 7.82 Å². The summed E-state index contributed by atoms with van der Waals surface area (Å²) < 4.78 is 13.8. The van der Waals surface area contributed by atoms with Crippen molar-refractivity contribution in [2.45, 2.75) is 0 Å². The molecule has 0 aromatic heterocycles. The maximum atomic E-state index is 8.88. The Bertz CT molecular complexity index is 155. The molecule has 0 radical (unpaired) electrons. The van der Waals surface area contributed by atoms with E-state index in [1.54, 1.807) is 12.2 Å². The normalized spacial score (nSPS) is 8.85. The first-order valence-electron chi connectivity index (χ1n) is 2.99. The maximum absolute atomic E-state index is 8.88. The molecule has 0 aliphatic carbocycles. The minimum atomic E-state index is -4.64. The predicted molar refractivity (Wildman–Crippen MR) is 46.6 cm³/mol. The Hall–Kier alpha value is 1.19. The molecular formula is C6H14KO5P. The fourth-order valence-electron chi connectivity index (χ4n) is 0.235. The second kappa shape index (κ2) is 13.2. The van der Waals surface area contributed by atoms with Crippen LogP contribution in [0.25, 0.3) is 0 Å². The quantitative estimate of drug-likeness (QED) is 0.218. The van der Waals surface area contributed by atoms with Crippen molar-refractivity contribution in [1.82, 2.24) is 0 Å². The minimum absolute atomic E-state index is 0. The van der Waals surface area contributed by atoms with Gasteiger partial charge in [-0.1, -0.05) is 12.2 Å². The smallest absolute Gasteiger partial charge is 1.00 e. The molecule has 0 bridgehead atoms. The van der Waals surface area contributed by atoms with Crippen LogP contribution < -0.4 is 51.4 Å². The number of ether oxygens (including phenoxy) is 1. The second-order valence-corrected chi connectivity index (χ2v) is 2.65. The Morgan fingerprint density at radius 3 is 1.62 bits per heavy atom. The molecule has 0 unspecified atom stereocenters. The first-order chi connectivity index (χ1) is 5.41. The standard InChI is InChI=1S/C6H10O.K.H3O4P.H/c1-3-5-7-6-4-2;;1-5(2,3)4;/h3-4H,1-2,5-6H2;;(H3,1,2,3,4);/q;+1;;-1. The Morgan fingerprint density at radius 2 is 1.46 bits per heavy atom. The van der Waals surface area contributed by atoms with E-state index in [2.05, 4.69) is 13.2 Å². The van der Waals surface area contributed by atoms with Gasteiger partial charge in [-0.15, -0.1) is 13.2 Å². The van der Waals surface area contributed by atoms with Crippen molar-refractivity contribution in [3.8, 4) is 0 Å². The zero-order valence-corrected chi connectivity index (χ0v) is 11.6. The van der Waals surface area contributed by atoms with Gasteiger partial charge in [-0.05, 0) is 0 Å². The number of hydrogen-bond acceptors (Lipinski definition) is 2. The predicted octanol–water partition coefficient (Wildman–Crippen LogP) is -2.44. The van der Waals surface area contributed by atoms with Gasteiger partial charge < -0.3 is 20.8 Å². The van der Waals surface area contributed by atoms with E-state index in [1.165, 1.54) is 0 Å². The van der Waals surface area contributed by atoms with Crippen LogP contribution >= 0.6 is 7.82 Å². The molecule has 0 saturated heterocycles. The van der Waals surface area contributed by atoms with Gasteiger partial charge in [0.1, 0.15) is 0 Å². The van der Waals surface area contributed by atoms with Crippen LogP contribution in [-0.2, 0) is 9.30 Å². The first kappa shape index (κ1) is 19.7. The van der Waals surface area contributed by atoms with Gasteiger partial charge in [0, 0.05) is 0 Å². The summed E-state index contributed by atoms with van der Waals surface area (Å²) in [5.41, 5.74) is 0. The summed E-state index contributed by atoms with van der Waals surface area (Å²) in [7, 11) is -4.64. The Labute approximate surface area is 122 Å². The third-order valence-corrected chi connectivity index (χ3v) is 0.471. The van der Waals surface area contributed by atoms with E-state index in [0.717, 1.165) is 0 Å². The SMILES string of the molecule is C=CCOCC=C.O=P(O)(O)O.[H-].[K+]. The average molecular weight is 236 g/mol. The molecule has 0 amide bonds. The van der Waals surface area contributed by atoms with Crippen molar-refractivity contribution in [2.75, 3.05) is 13.2 Å². The van der Waals surface area contributed by atoms with Gasteiger partial charge in [0.25, 0.3) is 0 Å². The molecule has 0 atom stereocenters. The summed E-state index contributed by atoms with van der Waals surface area (Å²) in [6, 6.07) is 0. The van der Waals surface area contributed by atoms with Gasteiger partial charge in [0.2, 0.25) is 0 Å². The summed E-state index contributed by atoms with van der Waals surface area (Å²) >= 11 is 0. The maximum Gasteiger partial charge on any atom is 1.00 e. The van der Waals surface area contributed by atoms with Crippen molar-refractivity contribution in [3.05, 3.63) is 25.3 Å². The molecule has 0 rings (SSSR count). The van der Waals surface area contributed by atoms with E-state index in [9.17, 15) is 0 Å². The zero-order chi connectivity index (χ0) is 10.0. The molecule has 0 spiro atoms. The summed E-state index contributed by atoms with van der Waals surface area (Å²) in [4.78, 5) is 21.6. The van der Waals surface area contributed by atoms with E-state index in [0.29, 0.717) is 13.2 Å². The van der Waals surface area contributed by atoms with Gasteiger partial charge in [0.15, 0.2) is 0 Å². The van der Waals surface area contributed by atoms with Gasteiger partial charge in [-0.2, -0.15) is 0 Å². The topological polar surface area (TPSA) is 87.0 Å². The molecule has 0 aromatic carbocycles. The fourth-order valence-corrected chi connectivity index (χ4v) is 0.235. The molecule has 0 aliphatic heterocycles. The van der Waals surface area contributed by atoms with Crippen LogP contribution in [0.15, 0.2) is 25.3 Å². The van der Waals surface area contributed by atoms with Crippen LogP contribution in [0.1, 0.15) is 1.43 Å². The Kier molecular flexibility index (Phi) is 20.0. The molecule has 0 aliphatic rings. The van der Waals surface area contributed by atoms with Gasteiger partial charge in [0.05, 0.1) is 13.2 Å². The van der Waals surface area contributed by atoms with Crippen LogP contribution in [0.2, 0.25) is 0 Å². The largest absolute Gasteiger partial charge is 1.00 e. The summed E-state index contributed by atoms with van der Waals surface area (Å²) in [6.45, 7) is 8.18. The van der Waals surface area contributed by atoms with Crippen LogP contribution in [0, 0.1) is 0 Å². The van der Waals surface area contributed by atoms with Gasteiger partial charge in [-0.3, -0.25) is 0 Å². The molecule has 0 heterocycles. The van der Waals surface area contributed by atoms with Gasteiger partial charge >= 0.3 is 59.2 Å². The molecule has 0 aromatic rings. The molecule has 74 valence electrons. The molecule has 7 heteroatoms. The van der Waals surface area contributed by atoms with E-state index in [4.69, 9.17) is 24.0 Å². The van der Waals surface area contributed by atoms with Crippen molar-refractivity contribution in [1.29, 1.82) is 0 Å². The Morgan fingerprint density at radius 1 is 1.23 bits per heavy atom. The van der Waals surface area contributed by atoms with E-state index in [-0.39, 0.29) is 52.8 Å². The average Bonchev–Trinajstić information content (AvgIpc) is 1.85. The number of rotatable bonds is 4. The van der Waals surface area contributed by atoms with Crippen LogP contribution in [0.5, 0.6) is 0 Å². The monoisotopic (exact) mass is 236 g/mol. The third-order valence-electron chi connectivity index (χ3n) is 0.471. The molecule has 3 N–H and O–H groups in total.